The Balaban J connectivity index is 1.69. The number of carbonyl (C=O) groups excluding carboxylic acids is 1. The molecule has 28 heavy (non-hydrogen) atoms. The van der Waals surface area contributed by atoms with Crippen LogP contribution in [0.25, 0.3) is 10.8 Å². The van der Waals surface area contributed by atoms with E-state index < -0.39 is 0 Å². The minimum absolute atomic E-state index is 0.0474. The van der Waals surface area contributed by atoms with Crippen molar-refractivity contribution in [2.45, 2.75) is 12.8 Å². The number of fused-ring (bicyclic) bond motifs is 1. The van der Waals surface area contributed by atoms with Crippen LogP contribution in [-0.4, -0.2) is 31.4 Å². The third kappa shape index (κ3) is 4.23. The molecule has 1 atom stereocenters. The van der Waals surface area contributed by atoms with E-state index in [0.717, 1.165) is 22.1 Å². The number of rotatable bonds is 6. The van der Waals surface area contributed by atoms with Gasteiger partial charge in [-0.2, -0.15) is 5.10 Å². The Hall–Kier alpha value is -3.54. The van der Waals surface area contributed by atoms with E-state index in [9.17, 15) is 9.90 Å². The Bertz CT molecular complexity index is 1030. The van der Waals surface area contributed by atoms with Crippen molar-refractivity contribution in [3.63, 3.8) is 0 Å². The number of phenolic OH excluding ortho intramolecular Hbond substituents is 1. The van der Waals surface area contributed by atoms with Crippen molar-refractivity contribution in [1.29, 1.82) is 0 Å². The second-order valence-electron chi connectivity index (χ2n) is 6.36. The summed E-state index contributed by atoms with van der Waals surface area (Å²) in [7, 11) is 3.11. The van der Waals surface area contributed by atoms with Crippen molar-refractivity contribution in [2.75, 3.05) is 14.2 Å². The molecule has 0 saturated carbocycles. The molecule has 2 N–H and O–H groups in total. The maximum atomic E-state index is 12.4. The van der Waals surface area contributed by atoms with E-state index in [1.165, 1.54) is 19.4 Å². The van der Waals surface area contributed by atoms with Gasteiger partial charge in [0.15, 0.2) is 11.5 Å². The van der Waals surface area contributed by atoms with Gasteiger partial charge in [-0.1, -0.05) is 24.3 Å². The molecule has 3 aromatic carbocycles. The molecule has 144 valence electrons. The predicted octanol–water partition coefficient (Wildman–Crippen LogP) is 3.82. The Morgan fingerprint density at radius 2 is 1.79 bits per heavy atom. The molecular weight excluding hydrogens is 356 g/mol. The molecule has 0 unspecified atom stereocenters. The van der Waals surface area contributed by atoms with Crippen LogP contribution >= 0.6 is 0 Å². The van der Waals surface area contributed by atoms with Gasteiger partial charge < -0.3 is 14.6 Å². The monoisotopic (exact) mass is 378 g/mol. The second kappa shape index (κ2) is 8.43. The van der Waals surface area contributed by atoms with E-state index in [0.29, 0.717) is 11.3 Å². The van der Waals surface area contributed by atoms with Crippen LogP contribution in [0.2, 0.25) is 0 Å². The van der Waals surface area contributed by atoms with E-state index in [1.807, 2.05) is 43.3 Å². The number of aromatic hydroxyl groups is 1. The molecule has 6 heteroatoms. The minimum Gasteiger partial charge on any atom is -0.504 e. The van der Waals surface area contributed by atoms with Crippen molar-refractivity contribution in [1.82, 2.24) is 5.43 Å². The van der Waals surface area contributed by atoms with Crippen molar-refractivity contribution in [2.24, 2.45) is 5.10 Å². The Morgan fingerprint density at radius 3 is 2.54 bits per heavy atom. The normalized spacial score (nSPS) is 12.1. The molecule has 0 radical (unpaired) electrons. The molecule has 3 rings (SSSR count). The number of phenols is 1. The number of methoxy groups -OCH3 is 2. The van der Waals surface area contributed by atoms with E-state index in [-0.39, 0.29) is 17.6 Å². The van der Waals surface area contributed by atoms with Crippen molar-refractivity contribution >= 4 is 22.9 Å². The van der Waals surface area contributed by atoms with Gasteiger partial charge in [-0.3, -0.25) is 4.79 Å². The van der Waals surface area contributed by atoms with Crippen LogP contribution in [0.3, 0.4) is 0 Å². The van der Waals surface area contributed by atoms with Crippen LogP contribution in [0.4, 0.5) is 0 Å². The van der Waals surface area contributed by atoms with Crippen LogP contribution in [-0.2, 0) is 4.79 Å². The zero-order valence-corrected chi connectivity index (χ0v) is 16.0. The fourth-order valence-electron chi connectivity index (χ4n) is 2.83. The molecule has 0 bridgehead atoms. The first-order chi connectivity index (χ1) is 13.5. The van der Waals surface area contributed by atoms with Gasteiger partial charge in [0.1, 0.15) is 5.75 Å². The van der Waals surface area contributed by atoms with Crippen LogP contribution in [0.15, 0.2) is 59.7 Å². The number of benzene rings is 3. The highest BCUT2D eigenvalue weighted by Gasteiger charge is 2.15. The van der Waals surface area contributed by atoms with Gasteiger partial charge in [0.2, 0.25) is 5.91 Å². The highest BCUT2D eigenvalue weighted by Crippen LogP contribution is 2.26. The number of carbonyl (C=O) groups is 1. The third-order valence-electron chi connectivity index (χ3n) is 4.56. The summed E-state index contributed by atoms with van der Waals surface area (Å²) in [6.45, 7) is 1.83. The summed E-state index contributed by atoms with van der Waals surface area (Å²) < 4.78 is 10.3. The topological polar surface area (TPSA) is 80.2 Å². The Morgan fingerprint density at radius 1 is 1.04 bits per heavy atom. The number of nitrogens with zero attached hydrogens (tertiary/aromatic N) is 1. The number of amides is 1. The molecule has 0 saturated heterocycles. The van der Waals surface area contributed by atoms with Crippen molar-refractivity contribution in [3.05, 3.63) is 65.7 Å². The smallest absolute Gasteiger partial charge is 0.247 e. The lowest BCUT2D eigenvalue weighted by atomic mass is 9.97. The average Bonchev–Trinajstić information content (AvgIpc) is 2.73. The Labute approximate surface area is 163 Å². The molecule has 0 aliphatic carbocycles. The zero-order valence-electron chi connectivity index (χ0n) is 16.0. The fourth-order valence-corrected chi connectivity index (χ4v) is 2.83. The SMILES string of the molecule is COc1ccc2cc([C@H](C)C(=O)N/N=C/c3ccc(O)c(OC)c3)ccc2c1. The molecule has 0 aliphatic rings. The molecule has 1 amide bonds. The van der Waals surface area contributed by atoms with Gasteiger partial charge in [0, 0.05) is 0 Å². The summed E-state index contributed by atoms with van der Waals surface area (Å²) in [4.78, 5) is 12.4. The van der Waals surface area contributed by atoms with Gasteiger partial charge in [0.05, 0.1) is 26.4 Å². The number of nitrogens with one attached hydrogen (secondary N) is 1. The van der Waals surface area contributed by atoms with Crippen LogP contribution in [0.5, 0.6) is 17.2 Å². The maximum Gasteiger partial charge on any atom is 0.247 e. The summed E-state index contributed by atoms with van der Waals surface area (Å²) in [6, 6.07) is 16.5. The van der Waals surface area contributed by atoms with E-state index in [4.69, 9.17) is 9.47 Å². The number of hydrogen-bond acceptors (Lipinski definition) is 5. The number of hydrazone groups is 1. The fraction of sp³-hybridized carbons (Fsp3) is 0.182. The predicted molar refractivity (Wildman–Crippen MR) is 109 cm³/mol. The van der Waals surface area contributed by atoms with Crippen molar-refractivity contribution < 1.29 is 19.4 Å². The lowest BCUT2D eigenvalue weighted by molar-refractivity contribution is -0.122. The van der Waals surface area contributed by atoms with Crippen LogP contribution < -0.4 is 14.9 Å². The summed E-state index contributed by atoms with van der Waals surface area (Å²) in [5, 5.41) is 15.7. The van der Waals surface area contributed by atoms with Crippen molar-refractivity contribution in [3.8, 4) is 17.2 Å². The van der Waals surface area contributed by atoms with Gasteiger partial charge in [0.25, 0.3) is 0 Å². The summed E-state index contributed by atoms with van der Waals surface area (Å²) in [5.74, 6) is 0.613. The highest BCUT2D eigenvalue weighted by atomic mass is 16.5. The average molecular weight is 378 g/mol. The summed E-state index contributed by atoms with van der Waals surface area (Å²) in [6.07, 6.45) is 1.50. The second-order valence-corrected chi connectivity index (χ2v) is 6.36. The van der Waals surface area contributed by atoms with Crippen LogP contribution in [0.1, 0.15) is 24.0 Å². The first-order valence-corrected chi connectivity index (χ1v) is 8.79. The van der Waals surface area contributed by atoms with Gasteiger partial charge in [-0.05, 0) is 59.2 Å². The lowest BCUT2D eigenvalue weighted by Gasteiger charge is -2.11. The van der Waals surface area contributed by atoms with E-state index in [1.54, 1.807) is 19.2 Å². The molecule has 0 heterocycles. The highest BCUT2D eigenvalue weighted by molar-refractivity contribution is 5.89. The first kappa shape index (κ1) is 19.2. The molecule has 0 aromatic heterocycles. The van der Waals surface area contributed by atoms with Gasteiger partial charge in [-0.15, -0.1) is 0 Å². The zero-order chi connectivity index (χ0) is 20.1. The number of ether oxygens (including phenoxy) is 2. The molecule has 3 aromatic rings. The molecule has 0 fully saturated rings. The van der Waals surface area contributed by atoms with Gasteiger partial charge >= 0.3 is 0 Å². The molecule has 6 nitrogen and oxygen atoms in total. The molecule has 0 spiro atoms. The van der Waals surface area contributed by atoms with E-state index >= 15 is 0 Å². The van der Waals surface area contributed by atoms with Crippen LogP contribution in [0, 0.1) is 0 Å². The largest absolute Gasteiger partial charge is 0.504 e. The standard InChI is InChI=1S/C22H22N2O4/c1-14(16-5-6-18-12-19(27-2)8-7-17(18)11-16)22(26)24-23-13-15-4-9-20(25)21(10-15)28-3/h4-14,25H,1-3H3,(H,24,26)/b23-13+/t14-/m0/s1. The van der Waals surface area contributed by atoms with Gasteiger partial charge in [-0.25, -0.2) is 5.43 Å². The quantitative estimate of drug-likeness (QED) is 0.505. The minimum atomic E-state index is -0.363. The first-order valence-electron chi connectivity index (χ1n) is 8.79. The van der Waals surface area contributed by atoms with E-state index in [2.05, 4.69) is 10.5 Å². The maximum absolute atomic E-state index is 12.4. The molecule has 0 aliphatic heterocycles. The third-order valence-corrected chi connectivity index (χ3v) is 4.56. The lowest BCUT2D eigenvalue weighted by Crippen LogP contribution is -2.23. The summed E-state index contributed by atoms with van der Waals surface area (Å²) in [5.41, 5.74) is 4.15. The number of hydrogen-bond donors (Lipinski definition) is 2. The Kier molecular flexibility index (Phi) is 5.79. The molecular formula is C22H22N2O4. The summed E-state index contributed by atoms with van der Waals surface area (Å²) >= 11 is 0.